The van der Waals surface area contributed by atoms with Gasteiger partial charge in [-0.25, -0.2) is 13.1 Å². The molecular weight excluding hydrogens is 300 g/mol. The van der Waals surface area contributed by atoms with Crippen LogP contribution < -0.4 is 10.5 Å². The Bertz CT molecular complexity index is 723. The molecule has 0 spiro atoms. The summed E-state index contributed by atoms with van der Waals surface area (Å²) in [6.45, 7) is 0.862. The van der Waals surface area contributed by atoms with Gasteiger partial charge in [-0.3, -0.25) is 4.68 Å². The molecular formula is C15H20N4O2S. The summed E-state index contributed by atoms with van der Waals surface area (Å²) in [7, 11) is -3.56. The largest absolute Gasteiger partial charge is 0.329 e. The lowest BCUT2D eigenvalue weighted by molar-refractivity contribution is 0.519. The van der Waals surface area contributed by atoms with Crippen molar-refractivity contribution in [2.45, 2.75) is 30.3 Å². The van der Waals surface area contributed by atoms with Gasteiger partial charge in [-0.15, -0.1) is 0 Å². The zero-order valence-corrected chi connectivity index (χ0v) is 13.0. The number of nitrogens with two attached hydrogens (primary N) is 1. The summed E-state index contributed by atoms with van der Waals surface area (Å²) in [5.41, 5.74) is 6.73. The third-order valence-corrected chi connectivity index (χ3v) is 5.30. The fraction of sp³-hybridized carbons (Fsp3) is 0.400. The summed E-state index contributed by atoms with van der Waals surface area (Å²) >= 11 is 0. The maximum atomic E-state index is 12.4. The zero-order valence-electron chi connectivity index (χ0n) is 12.2. The van der Waals surface area contributed by atoms with E-state index >= 15 is 0 Å². The van der Waals surface area contributed by atoms with Gasteiger partial charge in [0.15, 0.2) is 0 Å². The second-order valence-corrected chi connectivity index (χ2v) is 7.37. The van der Waals surface area contributed by atoms with Gasteiger partial charge in [-0.05, 0) is 24.3 Å². The van der Waals surface area contributed by atoms with Crippen LogP contribution in [0.2, 0.25) is 0 Å². The smallest absolute Gasteiger partial charge is 0.243 e. The summed E-state index contributed by atoms with van der Waals surface area (Å²) < 4.78 is 29.1. The van der Waals surface area contributed by atoms with Crippen molar-refractivity contribution in [2.24, 2.45) is 11.7 Å². The fourth-order valence-electron chi connectivity index (χ4n) is 2.44. The number of aromatic nitrogens is 2. The summed E-state index contributed by atoms with van der Waals surface area (Å²) in [5.74, 6) is 0.374. The third-order valence-electron chi connectivity index (χ3n) is 3.86. The molecule has 1 saturated carbocycles. The highest BCUT2D eigenvalue weighted by molar-refractivity contribution is 7.89. The van der Waals surface area contributed by atoms with Crippen LogP contribution >= 0.6 is 0 Å². The van der Waals surface area contributed by atoms with Gasteiger partial charge in [0.25, 0.3) is 0 Å². The first-order valence-corrected chi connectivity index (χ1v) is 8.85. The zero-order chi connectivity index (χ0) is 15.6. The van der Waals surface area contributed by atoms with Gasteiger partial charge in [0.2, 0.25) is 10.0 Å². The Morgan fingerprint density at radius 2 is 2.05 bits per heavy atom. The molecule has 118 valence electrons. The number of sulfonamides is 1. The van der Waals surface area contributed by atoms with Crippen LogP contribution in [0.1, 0.15) is 18.4 Å². The third kappa shape index (κ3) is 3.55. The first-order chi connectivity index (χ1) is 10.6. The van der Waals surface area contributed by atoms with E-state index in [0.717, 1.165) is 18.4 Å². The van der Waals surface area contributed by atoms with Gasteiger partial charge in [0, 0.05) is 18.8 Å². The number of nitrogens with one attached hydrogen (secondary N) is 1. The van der Waals surface area contributed by atoms with Crippen LogP contribution in [0.3, 0.4) is 0 Å². The minimum atomic E-state index is -3.56. The van der Waals surface area contributed by atoms with Gasteiger partial charge in [0.05, 0.1) is 12.7 Å². The first kappa shape index (κ1) is 15.2. The Hall–Kier alpha value is -1.70. The molecule has 0 unspecified atom stereocenters. The highest BCUT2D eigenvalue weighted by Crippen LogP contribution is 2.32. The average Bonchev–Trinajstić information content (AvgIpc) is 3.25. The first-order valence-electron chi connectivity index (χ1n) is 7.37. The molecule has 1 heterocycles. The van der Waals surface area contributed by atoms with E-state index in [-0.39, 0.29) is 10.9 Å². The summed E-state index contributed by atoms with van der Waals surface area (Å²) in [5, 5.41) is 4.14. The second kappa shape index (κ2) is 6.20. The molecule has 2 aromatic rings. The molecule has 1 atom stereocenters. The van der Waals surface area contributed by atoms with Gasteiger partial charge >= 0.3 is 0 Å². The normalized spacial score (nSPS) is 16.6. The van der Waals surface area contributed by atoms with Gasteiger partial charge < -0.3 is 5.73 Å². The van der Waals surface area contributed by atoms with Crippen molar-refractivity contribution in [2.75, 3.05) is 6.54 Å². The molecule has 22 heavy (non-hydrogen) atoms. The van der Waals surface area contributed by atoms with Gasteiger partial charge in [0.1, 0.15) is 4.90 Å². The lowest BCUT2D eigenvalue weighted by Crippen LogP contribution is -2.41. The minimum absolute atomic E-state index is 0.178. The number of hydrogen-bond donors (Lipinski definition) is 2. The second-order valence-electron chi connectivity index (χ2n) is 5.66. The van der Waals surface area contributed by atoms with Crippen LogP contribution in [-0.2, 0) is 16.6 Å². The van der Waals surface area contributed by atoms with Crippen LogP contribution in [0.4, 0.5) is 0 Å². The van der Waals surface area contributed by atoms with Crippen molar-refractivity contribution < 1.29 is 8.42 Å². The molecule has 1 aliphatic carbocycles. The predicted octanol–water partition coefficient (Wildman–Crippen LogP) is 0.947. The van der Waals surface area contributed by atoms with E-state index in [1.54, 1.807) is 10.9 Å². The van der Waals surface area contributed by atoms with E-state index in [1.165, 1.54) is 6.20 Å². The van der Waals surface area contributed by atoms with E-state index in [2.05, 4.69) is 9.82 Å². The van der Waals surface area contributed by atoms with Crippen molar-refractivity contribution in [3.05, 3.63) is 48.3 Å². The van der Waals surface area contributed by atoms with E-state index in [4.69, 9.17) is 5.73 Å². The van der Waals surface area contributed by atoms with Crippen LogP contribution in [0.25, 0.3) is 0 Å². The Labute approximate surface area is 130 Å². The van der Waals surface area contributed by atoms with E-state index < -0.39 is 10.0 Å². The van der Waals surface area contributed by atoms with E-state index in [9.17, 15) is 8.42 Å². The average molecular weight is 320 g/mol. The van der Waals surface area contributed by atoms with Gasteiger partial charge in [-0.2, -0.15) is 5.10 Å². The molecule has 3 rings (SSSR count). The molecule has 6 nitrogen and oxygen atoms in total. The Balaban J connectivity index is 1.71. The SMILES string of the molecule is NC[C@@H](NS(=O)(=O)c1cnn(Cc2ccccc2)c1)C1CC1. The Kier molecular flexibility index (Phi) is 4.28. The monoisotopic (exact) mass is 320 g/mol. The maximum Gasteiger partial charge on any atom is 0.243 e. The van der Waals surface area contributed by atoms with Crippen molar-refractivity contribution in [1.82, 2.24) is 14.5 Å². The molecule has 1 aromatic carbocycles. The highest BCUT2D eigenvalue weighted by atomic mass is 32.2. The van der Waals surface area contributed by atoms with E-state index in [1.807, 2.05) is 30.3 Å². The van der Waals surface area contributed by atoms with Crippen LogP contribution in [-0.4, -0.2) is 30.8 Å². The summed E-state index contributed by atoms with van der Waals surface area (Å²) in [4.78, 5) is 0.183. The number of rotatable bonds is 7. The lowest BCUT2D eigenvalue weighted by Gasteiger charge is -2.15. The van der Waals surface area contributed by atoms with Gasteiger partial charge in [-0.1, -0.05) is 30.3 Å². The molecule has 0 bridgehead atoms. The van der Waals surface area contributed by atoms with Crippen LogP contribution in [0.5, 0.6) is 0 Å². The number of hydrogen-bond acceptors (Lipinski definition) is 4. The molecule has 0 radical (unpaired) electrons. The molecule has 7 heteroatoms. The molecule has 1 aromatic heterocycles. The van der Waals surface area contributed by atoms with Crippen LogP contribution in [0.15, 0.2) is 47.6 Å². The molecule has 0 aliphatic heterocycles. The van der Waals surface area contributed by atoms with E-state index in [0.29, 0.717) is 19.0 Å². The topological polar surface area (TPSA) is 90.0 Å². The molecule has 1 fully saturated rings. The number of benzene rings is 1. The van der Waals surface area contributed by atoms with Crippen LogP contribution in [0, 0.1) is 5.92 Å². The molecule has 1 aliphatic rings. The maximum absolute atomic E-state index is 12.4. The standard InChI is InChI=1S/C15H20N4O2S/c16-8-15(13-6-7-13)18-22(20,21)14-9-17-19(11-14)10-12-4-2-1-3-5-12/h1-5,9,11,13,15,18H,6-8,10,16H2/t15-/m1/s1. The predicted molar refractivity (Wildman–Crippen MR) is 83.7 cm³/mol. The number of nitrogens with zero attached hydrogens (tertiary/aromatic N) is 2. The van der Waals surface area contributed by atoms with Crippen molar-refractivity contribution in [3.63, 3.8) is 0 Å². The minimum Gasteiger partial charge on any atom is -0.329 e. The quantitative estimate of drug-likeness (QED) is 0.794. The highest BCUT2D eigenvalue weighted by Gasteiger charge is 2.33. The lowest BCUT2D eigenvalue weighted by atomic mass is 10.2. The fourth-order valence-corrected chi connectivity index (χ4v) is 3.71. The Morgan fingerprint density at radius 1 is 1.32 bits per heavy atom. The van der Waals surface area contributed by atoms with Crippen molar-refractivity contribution in [1.29, 1.82) is 0 Å². The molecule has 0 amide bonds. The summed E-state index contributed by atoms with van der Waals surface area (Å²) in [6, 6.07) is 9.61. The van der Waals surface area contributed by atoms with Crippen molar-refractivity contribution >= 4 is 10.0 Å². The van der Waals surface area contributed by atoms with Crippen molar-refractivity contribution in [3.8, 4) is 0 Å². The summed E-state index contributed by atoms with van der Waals surface area (Å²) in [6.07, 6.45) is 5.01. The molecule has 0 saturated heterocycles. The Morgan fingerprint density at radius 3 is 2.68 bits per heavy atom. The molecule has 3 N–H and O–H groups in total.